The molecule has 3 rings (SSSR count). The van der Waals surface area contributed by atoms with Gasteiger partial charge in [-0.1, -0.05) is 6.07 Å². The van der Waals surface area contributed by atoms with Crippen molar-refractivity contribution in [3.63, 3.8) is 0 Å². The maximum Gasteiger partial charge on any atom is 0.416 e. The van der Waals surface area contributed by atoms with Crippen LogP contribution in [0, 0.1) is 0 Å². The zero-order valence-electron chi connectivity index (χ0n) is 12.8. The Balaban J connectivity index is 1.72. The van der Waals surface area contributed by atoms with Crippen LogP contribution in [0.3, 0.4) is 0 Å². The van der Waals surface area contributed by atoms with Crippen molar-refractivity contribution < 1.29 is 18.0 Å². The molecule has 7 heteroatoms. The molecule has 1 N–H and O–H groups in total. The number of alkyl halides is 3. The number of halogens is 3. The second kappa shape index (κ2) is 6.51. The number of benzene rings is 1. The average molecular weight is 335 g/mol. The van der Waals surface area contributed by atoms with Gasteiger partial charge in [-0.25, -0.2) is 4.79 Å². The molecule has 4 nitrogen and oxygen atoms in total. The van der Waals surface area contributed by atoms with E-state index in [1.165, 1.54) is 12.1 Å². The standard InChI is InChI=1S/C17H16F3N3O/c18-17(19,20)13-2-1-3-14(10-13)22-16(24)23(15-4-5-15)11-12-6-8-21-9-7-12/h1-3,6-10,15H,4-5,11H2,(H,22,24). The lowest BCUT2D eigenvalue weighted by Gasteiger charge is -2.23. The Morgan fingerprint density at radius 3 is 2.54 bits per heavy atom. The highest BCUT2D eigenvalue weighted by Crippen LogP contribution is 2.32. The van der Waals surface area contributed by atoms with Gasteiger partial charge in [-0.05, 0) is 48.7 Å². The van der Waals surface area contributed by atoms with Gasteiger partial charge in [0.05, 0.1) is 5.56 Å². The van der Waals surface area contributed by atoms with E-state index in [4.69, 9.17) is 0 Å². The maximum atomic E-state index is 12.8. The van der Waals surface area contributed by atoms with Gasteiger partial charge >= 0.3 is 12.2 Å². The van der Waals surface area contributed by atoms with Gasteiger partial charge in [0.2, 0.25) is 0 Å². The summed E-state index contributed by atoms with van der Waals surface area (Å²) in [6.45, 7) is 0.401. The van der Waals surface area contributed by atoms with Crippen LogP contribution in [0.25, 0.3) is 0 Å². The van der Waals surface area contributed by atoms with Crippen LogP contribution in [0.2, 0.25) is 0 Å². The summed E-state index contributed by atoms with van der Waals surface area (Å²) < 4.78 is 38.3. The summed E-state index contributed by atoms with van der Waals surface area (Å²) in [7, 11) is 0. The van der Waals surface area contributed by atoms with E-state index < -0.39 is 17.8 Å². The van der Waals surface area contributed by atoms with Crippen LogP contribution >= 0.6 is 0 Å². The summed E-state index contributed by atoms with van der Waals surface area (Å²) in [4.78, 5) is 18.1. The molecular weight excluding hydrogens is 319 g/mol. The molecule has 24 heavy (non-hydrogen) atoms. The zero-order valence-corrected chi connectivity index (χ0v) is 12.8. The van der Waals surface area contributed by atoms with E-state index in [2.05, 4.69) is 10.3 Å². The van der Waals surface area contributed by atoms with Crippen LogP contribution in [0.15, 0.2) is 48.8 Å². The number of anilines is 1. The lowest BCUT2D eigenvalue weighted by molar-refractivity contribution is -0.137. The maximum absolute atomic E-state index is 12.8. The van der Waals surface area contributed by atoms with E-state index >= 15 is 0 Å². The minimum Gasteiger partial charge on any atom is -0.317 e. The molecule has 0 aliphatic heterocycles. The topological polar surface area (TPSA) is 45.2 Å². The second-order valence-electron chi connectivity index (χ2n) is 5.72. The number of pyridine rings is 1. The number of amides is 2. The molecule has 0 bridgehead atoms. The van der Waals surface area contributed by atoms with Crippen LogP contribution in [0.5, 0.6) is 0 Å². The number of rotatable bonds is 4. The van der Waals surface area contributed by atoms with E-state index in [9.17, 15) is 18.0 Å². The summed E-state index contributed by atoms with van der Waals surface area (Å²) in [6, 6.07) is 8.01. The Morgan fingerprint density at radius 2 is 1.92 bits per heavy atom. The van der Waals surface area contributed by atoms with Crippen molar-refractivity contribution in [1.29, 1.82) is 0 Å². The van der Waals surface area contributed by atoms with Gasteiger partial charge in [-0.15, -0.1) is 0 Å². The molecule has 2 amide bonds. The molecule has 1 aliphatic rings. The quantitative estimate of drug-likeness (QED) is 0.905. The Kier molecular flexibility index (Phi) is 4.42. The number of hydrogen-bond donors (Lipinski definition) is 1. The van der Waals surface area contributed by atoms with Gasteiger partial charge in [0.1, 0.15) is 0 Å². The Bertz CT molecular complexity index is 715. The lowest BCUT2D eigenvalue weighted by atomic mass is 10.2. The highest BCUT2D eigenvalue weighted by atomic mass is 19.4. The number of nitrogens with one attached hydrogen (secondary N) is 1. The van der Waals surface area contributed by atoms with Crippen LogP contribution in [-0.2, 0) is 12.7 Å². The second-order valence-corrected chi connectivity index (χ2v) is 5.72. The van der Waals surface area contributed by atoms with Crippen molar-refractivity contribution in [2.45, 2.75) is 31.6 Å². The van der Waals surface area contributed by atoms with E-state index in [0.29, 0.717) is 6.54 Å². The highest BCUT2D eigenvalue weighted by molar-refractivity contribution is 5.89. The fourth-order valence-electron chi connectivity index (χ4n) is 2.41. The minimum atomic E-state index is -4.44. The molecule has 0 radical (unpaired) electrons. The van der Waals surface area contributed by atoms with Gasteiger partial charge in [-0.2, -0.15) is 13.2 Å². The van der Waals surface area contributed by atoms with E-state index in [0.717, 1.165) is 30.5 Å². The van der Waals surface area contributed by atoms with Crippen molar-refractivity contribution in [2.24, 2.45) is 0 Å². The molecule has 0 atom stereocenters. The molecule has 1 aromatic carbocycles. The smallest absolute Gasteiger partial charge is 0.317 e. The molecule has 0 spiro atoms. The van der Waals surface area contributed by atoms with Crippen LogP contribution in [0.1, 0.15) is 24.0 Å². The van der Waals surface area contributed by atoms with Gasteiger partial charge in [0.15, 0.2) is 0 Å². The van der Waals surface area contributed by atoms with Crippen LogP contribution in [-0.4, -0.2) is 22.0 Å². The first kappa shape index (κ1) is 16.3. The van der Waals surface area contributed by atoms with Crippen molar-refractivity contribution in [2.75, 3.05) is 5.32 Å². The van der Waals surface area contributed by atoms with Gasteiger partial charge in [-0.3, -0.25) is 4.98 Å². The number of nitrogens with zero attached hydrogens (tertiary/aromatic N) is 2. The normalized spacial score (nSPS) is 14.3. The van der Waals surface area contributed by atoms with Crippen LogP contribution < -0.4 is 5.32 Å². The van der Waals surface area contributed by atoms with Gasteiger partial charge in [0, 0.05) is 30.7 Å². The number of hydrogen-bond acceptors (Lipinski definition) is 2. The number of aromatic nitrogens is 1. The molecule has 0 saturated heterocycles. The predicted octanol–water partition coefficient (Wildman–Crippen LogP) is 4.30. The van der Waals surface area contributed by atoms with E-state index in [1.807, 2.05) is 12.1 Å². The van der Waals surface area contributed by atoms with Crippen molar-refractivity contribution in [3.8, 4) is 0 Å². The summed E-state index contributed by atoms with van der Waals surface area (Å²) in [5.41, 5.74) is 0.277. The molecule has 1 heterocycles. The summed E-state index contributed by atoms with van der Waals surface area (Å²) in [6.07, 6.45) is 0.659. The van der Waals surface area contributed by atoms with E-state index in [-0.39, 0.29) is 11.7 Å². The first-order valence-corrected chi connectivity index (χ1v) is 7.57. The minimum absolute atomic E-state index is 0.129. The largest absolute Gasteiger partial charge is 0.416 e. The first-order chi connectivity index (χ1) is 11.4. The van der Waals surface area contributed by atoms with Crippen LogP contribution in [0.4, 0.5) is 23.7 Å². The number of carbonyl (C=O) groups is 1. The number of urea groups is 1. The molecule has 1 fully saturated rings. The highest BCUT2D eigenvalue weighted by Gasteiger charge is 2.33. The fraction of sp³-hybridized carbons (Fsp3) is 0.294. The van der Waals surface area contributed by atoms with Crippen molar-refractivity contribution >= 4 is 11.7 Å². The molecule has 1 aliphatic carbocycles. The zero-order chi connectivity index (χ0) is 17.2. The molecule has 1 saturated carbocycles. The number of carbonyl (C=O) groups excluding carboxylic acids is 1. The molecular formula is C17H16F3N3O. The Morgan fingerprint density at radius 1 is 1.21 bits per heavy atom. The van der Waals surface area contributed by atoms with E-state index in [1.54, 1.807) is 17.3 Å². The molecule has 2 aromatic rings. The Hall–Kier alpha value is -2.57. The fourth-order valence-corrected chi connectivity index (χ4v) is 2.41. The summed E-state index contributed by atoms with van der Waals surface area (Å²) >= 11 is 0. The molecule has 126 valence electrons. The SMILES string of the molecule is O=C(Nc1cccc(C(F)(F)F)c1)N(Cc1ccncc1)C1CC1. The molecule has 0 unspecified atom stereocenters. The molecule has 1 aromatic heterocycles. The third kappa shape index (κ3) is 4.04. The Labute approximate surface area is 137 Å². The average Bonchev–Trinajstić information content (AvgIpc) is 3.38. The lowest BCUT2D eigenvalue weighted by Crippen LogP contribution is -2.36. The van der Waals surface area contributed by atoms with Crippen molar-refractivity contribution in [1.82, 2.24) is 9.88 Å². The summed E-state index contributed by atoms with van der Waals surface area (Å²) in [5.74, 6) is 0. The van der Waals surface area contributed by atoms with Gasteiger partial charge in [0.25, 0.3) is 0 Å². The third-order valence-electron chi connectivity index (χ3n) is 3.79. The predicted molar refractivity (Wildman–Crippen MR) is 83.3 cm³/mol. The monoisotopic (exact) mass is 335 g/mol. The first-order valence-electron chi connectivity index (χ1n) is 7.57. The summed E-state index contributed by atoms with van der Waals surface area (Å²) in [5, 5.41) is 2.57. The van der Waals surface area contributed by atoms with Crippen molar-refractivity contribution in [3.05, 3.63) is 59.9 Å². The third-order valence-corrected chi connectivity index (χ3v) is 3.79. The van der Waals surface area contributed by atoms with Gasteiger partial charge < -0.3 is 10.2 Å².